The van der Waals surface area contributed by atoms with Gasteiger partial charge in [0.05, 0.1) is 51.3 Å². The average Bonchev–Trinajstić information content (AvgIpc) is 3.06. The number of azide groups is 1. The predicted octanol–water partition coefficient (Wildman–Crippen LogP) is 6.63. The fraction of sp³-hybridized carbons (Fsp3) is 0.314. The quantitative estimate of drug-likeness (QED) is 0.103. The molecule has 5 rings (SSSR count). The van der Waals surface area contributed by atoms with Gasteiger partial charge in [-0.15, -0.1) is 0 Å². The van der Waals surface area contributed by atoms with Gasteiger partial charge < -0.3 is 24.1 Å². The SMILES string of the molecule is [N-]=[N+]=N[C@@H]1[C@@H](O)[C@H](OCc2ccccc2)[C@@H](OCc2ccccc2)[C@H](OCc2ccccc2)[C@H]1COCc1ccccc1. The van der Waals surface area contributed by atoms with Crippen molar-refractivity contribution < 1.29 is 24.1 Å². The average molecular weight is 580 g/mol. The number of nitrogens with zero attached hydrogens (tertiary/aromatic N) is 3. The maximum Gasteiger partial charge on any atom is 0.113 e. The summed E-state index contributed by atoms with van der Waals surface area (Å²) in [5, 5.41) is 15.8. The zero-order valence-corrected chi connectivity index (χ0v) is 24.0. The highest BCUT2D eigenvalue weighted by atomic mass is 16.6. The van der Waals surface area contributed by atoms with Gasteiger partial charge in [-0.05, 0) is 27.8 Å². The van der Waals surface area contributed by atoms with E-state index in [0.717, 1.165) is 22.3 Å². The van der Waals surface area contributed by atoms with Crippen molar-refractivity contribution in [2.45, 2.75) is 56.9 Å². The molecule has 0 spiro atoms. The highest BCUT2D eigenvalue weighted by Gasteiger charge is 2.52. The van der Waals surface area contributed by atoms with Gasteiger partial charge in [-0.3, -0.25) is 0 Å². The number of aliphatic hydroxyl groups excluding tert-OH is 1. The van der Waals surface area contributed by atoms with Crippen LogP contribution in [-0.2, 0) is 45.4 Å². The molecule has 0 amide bonds. The lowest BCUT2D eigenvalue weighted by Gasteiger charge is -2.47. The highest BCUT2D eigenvalue weighted by Crippen LogP contribution is 2.36. The van der Waals surface area contributed by atoms with Gasteiger partial charge in [-0.1, -0.05) is 126 Å². The Morgan fingerprint density at radius 3 is 1.40 bits per heavy atom. The van der Waals surface area contributed by atoms with Crippen molar-refractivity contribution in [3.63, 3.8) is 0 Å². The maximum absolute atomic E-state index is 11.7. The van der Waals surface area contributed by atoms with Crippen LogP contribution in [0.2, 0.25) is 0 Å². The minimum absolute atomic E-state index is 0.186. The van der Waals surface area contributed by atoms with Gasteiger partial charge in [0.15, 0.2) is 0 Å². The summed E-state index contributed by atoms with van der Waals surface area (Å²) in [6.07, 6.45) is -3.27. The van der Waals surface area contributed by atoms with E-state index in [9.17, 15) is 10.6 Å². The largest absolute Gasteiger partial charge is 0.390 e. The lowest BCUT2D eigenvalue weighted by Crippen LogP contribution is -2.63. The number of ether oxygens (including phenoxy) is 4. The predicted molar refractivity (Wildman–Crippen MR) is 164 cm³/mol. The van der Waals surface area contributed by atoms with E-state index < -0.39 is 36.4 Å². The lowest BCUT2D eigenvalue weighted by molar-refractivity contribution is -0.230. The Labute approximate surface area is 252 Å². The Kier molecular flexibility index (Phi) is 11.3. The van der Waals surface area contributed by atoms with E-state index in [4.69, 9.17) is 18.9 Å². The molecule has 1 N–H and O–H groups in total. The minimum Gasteiger partial charge on any atom is -0.390 e. The molecule has 1 aliphatic carbocycles. The molecule has 0 bridgehead atoms. The molecule has 1 fully saturated rings. The van der Waals surface area contributed by atoms with E-state index in [1.165, 1.54) is 0 Å². The fourth-order valence-electron chi connectivity index (χ4n) is 5.46. The van der Waals surface area contributed by atoms with Crippen molar-refractivity contribution in [1.82, 2.24) is 0 Å². The van der Waals surface area contributed by atoms with Crippen LogP contribution in [0.4, 0.5) is 0 Å². The van der Waals surface area contributed by atoms with Crippen LogP contribution in [0.3, 0.4) is 0 Å². The van der Waals surface area contributed by atoms with E-state index in [-0.39, 0.29) is 13.2 Å². The molecule has 0 radical (unpaired) electrons. The molecular formula is C35H37N3O5. The number of rotatable bonds is 14. The summed E-state index contributed by atoms with van der Waals surface area (Å²) in [5.41, 5.74) is 13.5. The van der Waals surface area contributed by atoms with Crippen LogP contribution >= 0.6 is 0 Å². The summed E-state index contributed by atoms with van der Waals surface area (Å²) in [6.45, 7) is 1.39. The van der Waals surface area contributed by atoms with Crippen molar-refractivity contribution in [2.24, 2.45) is 11.0 Å². The topological polar surface area (TPSA) is 106 Å². The molecule has 0 unspecified atom stereocenters. The molecule has 1 aliphatic rings. The van der Waals surface area contributed by atoms with Gasteiger partial charge >= 0.3 is 0 Å². The normalized spacial score (nSPS) is 23.4. The zero-order valence-electron chi connectivity index (χ0n) is 24.0. The van der Waals surface area contributed by atoms with Crippen LogP contribution in [0, 0.1) is 5.92 Å². The van der Waals surface area contributed by atoms with Crippen molar-refractivity contribution >= 4 is 0 Å². The summed E-state index contributed by atoms with van der Waals surface area (Å²) in [7, 11) is 0. The highest BCUT2D eigenvalue weighted by molar-refractivity contribution is 5.17. The summed E-state index contributed by atoms with van der Waals surface area (Å²) in [5.74, 6) is -0.504. The maximum atomic E-state index is 11.7. The molecule has 43 heavy (non-hydrogen) atoms. The third kappa shape index (κ3) is 8.52. The van der Waals surface area contributed by atoms with Crippen molar-refractivity contribution in [2.75, 3.05) is 6.61 Å². The molecule has 0 aromatic heterocycles. The number of hydrogen-bond donors (Lipinski definition) is 1. The van der Waals surface area contributed by atoms with E-state index in [1.807, 2.05) is 121 Å². The Morgan fingerprint density at radius 1 is 0.558 bits per heavy atom. The standard InChI is InChI=1S/C35H37N3O5/c36-38-37-31-30(25-40-21-26-13-5-1-6-14-26)33(41-22-27-15-7-2-8-16-27)35(43-24-29-19-11-4-12-20-29)34(32(31)39)42-23-28-17-9-3-10-18-28/h1-20,30-35,39H,21-25H2/t30-,31-,32+,33+,34-,35-/m0/s1. The van der Waals surface area contributed by atoms with Gasteiger partial charge in [0.2, 0.25) is 0 Å². The second-order valence-electron chi connectivity index (χ2n) is 10.6. The molecule has 222 valence electrons. The number of hydrogen-bond acceptors (Lipinski definition) is 6. The smallest absolute Gasteiger partial charge is 0.113 e. The van der Waals surface area contributed by atoms with E-state index in [0.29, 0.717) is 19.8 Å². The summed E-state index contributed by atoms with van der Waals surface area (Å²) < 4.78 is 25.7. The van der Waals surface area contributed by atoms with Crippen molar-refractivity contribution in [3.8, 4) is 0 Å². The van der Waals surface area contributed by atoms with Crippen LogP contribution in [0.25, 0.3) is 10.4 Å². The van der Waals surface area contributed by atoms with Crippen LogP contribution in [0.1, 0.15) is 22.3 Å². The first kappa shape index (κ1) is 30.4. The van der Waals surface area contributed by atoms with Crippen LogP contribution in [-0.4, -0.2) is 42.2 Å². The van der Waals surface area contributed by atoms with Gasteiger partial charge in [0.1, 0.15) is 12.2 Å². The molecule has 1 saturated carbocycles. The second-order valence-corrected chi connectivity index (χ2v) is 10.6. The van der Waals surface area contributed by atoms with E-state index in [1.54, 1.807) is 0 Å². The molecule has 6 atom stereocenters. The van der Waals surface area contributed by atoms with E-state index >= 15 is 0 Å². The van der Waals surface area contributed by atoms with Crippen LogP contribution < -0.4 is 0 Å². The first-order valence-corrected chi connectivity index (χ1v) is 14.5. The molecule has 4 aromatic rings. The Hall–Kier alpha value is -4.01. The molecule has 0 heterocycles. The number of aliphatic hydroxyl groups is 1. The van der Waals surface area contributed by atoms with E-state index in [2.05, 4.69) is 10.0 Å². The molecule has 0 aliphatic heterocycles. The molecule has 8 nitrogen and oxygen atoms in total. The lowest BCUT2D eigenvalue weighted by atomic mass is 9.77. The minimum atomic E-state index is -1.15. The monoisotopic (exact) mass is 579 g/mol. The zero-order chi connectivity index (χ0) is 29.7. The Morgan fingerprint density at radius 2 is 0.953 bits per heavy atom. The Bertz CT molecular complexity index is 1400. The fourth-order valence-corrected chi connectivity index (χ4v) is 5.46. The summed E-state index contributed by atoms with van der Waals surface area (Å²) >= 11 is 0. The number of benzene rings is 4. The molecule has 0 saturated heterocycles. The van der Waals surface area contributed by atoms with Crippen LogP contribution in [0.5, 0.6) is 0 Å². The molecule has 8 heteroatoms. The molecular weight excluding hydrogens is 542 g/mol. The van der Waals surface area contributed by atoms with Gasteiger partial charge in [0.25, 0.3) is 0 Å². The van der Waals surface area contributed by atoms with Crippen molar-refractivity contribution in [3.05, 3.63) is 154 Å². The first-order valence-electron chi connectivity index (χ1n) is 14.5. The van der Waals surface area contributed by atoms with Crippen LogP contribution in [0.15, 0.2) is 126 Å². The van der Waals surface area contributed by atoms with Gasteiger partial charge in [-0.25, -0.2) is 0 Å². The third-order valence-corrected chi connectivity index (χ3v) is 7.66. The Balaban J connectivity index is 1.45. The summed E-state index contributed by atoms with van der Waals surface area (Å²) in [6, 6.07) is 38.4. The van der Waals surface area contributed by atoms with Gasteiger partial charge in [0, 0.05) is 10.8 Å². The first-order chi connectivity index (χ1) is 21.2. The summed E-state index contributed by atoms with van der Waals surface area (Å²) in [4.78, 5) is 3.11. The van der Waals surface area contributed by atoms with Gasteiger partial charge in [-0.2, -0.15) is 0 Å². The van der Waals surface area contributed by atoms with Crippen molar-refractivity contribution in [1.29, 1.82) is 0 Å². The second kappa shape index (κ2) is 16.0. The third-order valence-electron chi connectivity index (χ3n) is 7.66. The molecule has 4 aromatic carbocycles.